The van der Waals surface area contributed by atoms with Gasteiger partial charge in [0.25, 0.3) is 0 Å². The highest BCUT2D eigenvalue weighted by Gasteiger charge is 2.63. The summed E-state index contributed by atoms with van der Waals surface area (Å²) in [6.07, 6.45) is 11.9. The minimum Gasteiger partial charge on any atom is -0.381 e. The molecule has 4 fully saturated rings. The standard InChI is InChI=1S/C22H34O3/c1-14(24)22-11-10-19-18(20(22)9-6-16(22)13-23)8-5-15-4-7-17(25-3)12-21(15,19)2/h13,15-20H,4-12H2,1-3H3/t15?,16-,17-,18-,19?,20?,21+,22+/m1/s1. The van der Waals surface area contributed by atoms with Crippen LogP contribution in [-0.2, 0) is 14.3 Å². The van der Waals surface area contributed by atoms with E-state index in [9.17, 15) is 9.59 Å². The van der Waals surface area contributed by atoms with Crippen LogP contribution in [0, 0.1) is 40.4 Å². The number of aldehydes is 1. The number of carbonyl (C=O) groups is 2. The molecule has 4 aliphatic rings. The maximum Gasteiger partial charge on any atom is 0.136 e. The van der Waals surface area contributed by atoms with Crippen molar-refractivity contribution < 1.29 is 14.3 Å². The largest absolute Gasteiger partial charge is 0.381 e. The van der Waals surface area contributed by atoms with Crippen LogP contribution >= 0.6 is 0 Å². The average Bonchev–Trinajstić information content (AvgIpc) is 3.00. The molecule has 0 amide bonds. The molecule has 4 saturated carbocycles. The predicted octanol–water partition coefficient (Wildman–Crippen LogP) is 4.43. The van der Waals surface area contributed by atoms with Crippen molar-refractivity contribution in [2.75, 3.05) is 7.11 Å². The second kappa shape index (κ2) is 6.18. The minimum atomic E-state index is -0.332. The fraction of sp³-hybridized carbons (Fsp3) is 0.909. The molecule has 0 saturated heterocycles. The number of ether oxygens (including phenoxy) is 1. The maximum absolute atomic E-state index is 12.7. The molecule has 0 aromatic heterocycles. The number of fused-ring (bicyclic) bond motifs is 5. The van der Waals surface area contributed by atoms with E-state index < -0.39 is 0 Å². The molecule has 25 heavy (non-hydrogen) atoms. The quantitative estimate of drug-likeness (QED) is 0.710. The van der Waals surface area contributed by atoms with Crippen molar-refractivity contribution in [1.29, 1.82) is 0 Å². The van der Waals surface area contributed by atoms with Gasteiger partial charge in [-0.15, -0.1) is 0 Å². The summed E-state index contributed by atoms with van der Waals surface area (Å²) < 4.78 is 5.76. The lowest BCUT2D eigenvalue weighted by molar-refractivity contribution is -0.157. The Morgan fingerprint density at radius 3 is 2.48 bits per heavy atom. The van der Waals surface area contributed by atoms with Gasteiger partial charge in [0.1, 0.15) is 12.1 Å². The zero-order valence-electron chi connectivity index (χ0n) is 16.1. The van der Waals surface area contributed by atoms with E-state index in [1.165, 1.54) is 32.1 Å². The van der Waals surface area contributed by atoms with Gasteiger partial charge in [0, 0.05) is 18.4 Å². The highest BCUT2D eigenvalue weighted by atomic mass is 16.5. The number of methoxy groups -OCH3 is 1. The van der Waals surface area contributed by atoms with Gasteiger partial charge in [-0.25, -0.2) is 0 Å². The molecule has 4 rings (SSSR count). The molecule has 0 radical (unpaired) electrons. The highest BCUT2D eigenvalue weighted by Crippen LogP contribution is 2.67. The predicted molar refractivity (Wildman–Crippen MR) is 97.1 cm³/mol. The van der Waals surface area contributed by atoms with E-state index in [-0.39, 0.29) is 17.1 Å². The van der Waals surface area contributed by atoms with Crippen molar-refractivity contribution in [3.05, 3.63) is 0 Å². The Morgan fingerprint density at radius 2 is 1.80 bits per heavy atom. The van der Waals surface area contributed by atoms with Gasteiger partial charge in [0.05, 0.1) is 6.10 Å². The first kappa shape index (κ1) is 17.7. The topological polar surface area (TPSA) is 43.4 Å². The third-order valence-electron chi connectivity index (χ3n) is 9.30. The van der Waals surface area contributed by atoms with Gasteiger partial charge in [-0.2, -0.15) is 0 Å². The molecule has 0 aromatic carbocycles. The lowest BCUT2D eigenvalue weighted by atomic mass is 9.44. The molecule has 4 aliphatic carbocycles. The minimum absolute atomic E-state index is 0.0282. The summed E-state index contributed by atoms with van der Waals surface area (Å²) in [5, 5.41) is 0. The van der Waals surface area contributed by atoms with Gasteiger partial charge >= 0.3 is 0 Å². The SMILES string of the molecule is CO[C@@H]1CCC2CC[C@@H]3C(CC[C@@]4(C(C)=O)C3CC[C@@H]4C=O)[C@@]2(C)C1. The van der Waals surface area contributed by atoms with Crippen LogP contribution in [0.15, 0.2) is 0 Å². The van der Waals surface area contributed by atoms with Crippen LogP contribution in [0.5, 0.6) is 0 Å². The van der Waals surface area contributed by atoms with Crippen molar-refractivity contribution in [3.63, 3.8) is 0 Å². The lowest BCUT2D eigenvalue weighted by Gasteiger charge is -2.61. The zero-order chi connectivity index (χ0) is 17.8. The van der Waals surface area contributed by atoms with Gasteiger partial charge in [-0.05, 0) is 93.8 Å². The normalized spacial score (nSPS) is 52.0. The van der Waals surface area contributed by atoms with Gasteiger partial charge < -0.3 is 9.53 Å². The second-order valence-corrected chi connectivity index (χ2v) is 9.75. The summed E-state index contributed by atoms with van der Waals surface area (Å²) >= 11 is 0. The number of carbonyl (C=O) groups excluding carboxylic acids is 2. The fourth-order valence-electron chi connectivity index (χ4n) is 8.11. The molecular formula is C22H34O3. The van der Waals surface area contributed by atoms with Crippen molar-refractivity contribution in [2.24, 2.45) is 40.4 Å². The van der Waals surface area contributed by atoms with Crippen LogP contribution in [0.4, 0.5) is 0 Å². The summed E-state index contributed by atoms with van der Waals surface area (Å²) in [6.45, 7) is 4.27. The Bertz CT molecular complexity index is 557. The van der Waals surface area contributed by atoms with Gasteiger partial charge in [-0.3, -0.25) is 4.79 Å². The van der Waals surface area contributed by atoms with Crippen LogP contribution in [0.1, 0.15) is 71.6 Å². The van der Waals surface area contributed by atoms with E-state index in [1.54, 1.807) is 6.92 Å². The number of hydrogen-bond donors (Lipinski definition) is 0. The monoisotopic (exact) mass is 346 g/mol. The number of hydrogen-bond acceptors (Lipinski definition) is 3. The van der Waals surface area contributed by atoms with Crippen LogP contribution in [-0.4, -0.2) is 25.3 Å². The molecule has 0 N–H and O–H groups in total. The van der Waals surface area contributed by atoms with Crippen molar-refractivity contribution >= 4 is 12.1 Å². The first-order valence-electron chi connectivity index (χ1n) is 10.5. The van der Waals surface area contributed by atoms with Crippen molar-refractivity contribution in [1.82, 2.24) is 0 Å². The van der Waals surface area contributed by atoms with E-state index >= 15 is 0 Å². The number of Topliss-reactive ketones (excluding diaryl/α,β-unsaturated/α-hetero) is 1. The van der Waals surface area contributed by atoms with E-state index in [2.05, 4.69) is 6.92 Å². The molecule has 140 valence electrons. The number of rotatable bonds is 3. The second-order valence-electron chi connectivity index (χ2n) is 9.75. The molecule has 3 heteroatoms. The smallest absolute Gasteiger partial charge is 0.136 e. The summed E-state index contributed by atoms with van der Waals surface area (Å²) in [5.74, 6) is 2.88. The maximum atomic E-state index is 12.7. The van der Waals surface area contributed by atoms with E-state index in [0.717, 1.165) is 37.9 Å². The Kier molecular flexibility index (Phi) is 4.38. The zero-order valence-corrected chi connectivity index (χ0v) is 16.1. The summed E-state index contributed by atoms with van der Waals surface area (Å²) in [6, 6.07) is 0. The lowest BCUT2D eigenvalue weighted by Crippen LogP contribution is -2.56. The first-order valence-corrected chi connectivity index (χ1v) is 10.5. The van der Waals surface area contributed by atoms with Crippen LogP contribution in [0.3, 0.4) is 0 Å². The Hall–Kier alpha value is -0.700. The first-order chi connectivity index (χ1) is 12.0. The molecule has 0 aliphatic heterocycles. The Morgan fingerprint density at radius 1 is 1.04 bits per heavy atom. The third kappa shape index (κ3) is 2.33. The summed E-state index contributed by atoms with van der Waals surface area (Å²) in [4.78, 5) is 24.5. The highest BCUT2D eigenvalue weighted by molar-refractivity contribution is 5.87. The molecule has 8 atom stereocenters. The van der Waals surface area contributed by atoms with E-state index in [1.807, 2.05) is 7.11 Å². The molecule has 0 heterocycles. The van der Waals surface area contributed by atoms with Crippen molar-refractivity contribution in [2.45, 2.75) is 77.7 Å². The van der Waals surface area contributed by atoms with Crippen molar-refractivity contribution in [3.8, 4) is 0 Å². The Balaban J connectivity index is 1.67. The van der Waals surface area contributed by atoms with Gasteiger partial charge in [0.15, 0.2) is 0 Å². The summed E-state index contributed by atoms with van der Waals surface area (Å²) in [5.41, 5.74) is 0.0332. The molecule has 0 aromatic rings. The molecule has 3 nitrogen and oxygen atoms in total. The molecule has 0 spiro atoms. The van der Waals surface area contributed by atoms with E-state index in [4.69, 9.17) is 4.74 Å². The van der Waals surface area contributed by atoms with Crippen LogP contribution in [0.2, 0.25) is 0 Å². The number of ketones is 1. The van der Waals surface area contributed by atoms with Gasteiger partial charge in [0.2, 0.25) is 0 Å². The molecule has 0 bridgehead atoms. The third-order valence-corrected chi connectivity index (χ3v) is 9.30. The molecular weight excluding hydrogens is 312 g/mol. The molecule has 3 unspecified atom stereocenters. The average molecular weight is 347 g/mol. The Labute approximate surface area is 152 Å². The van der Waals surface area contributed by atoms with E-state index in [0.29, 0.717) is 29.3 Å². The van der Waals surface area contributed by atoms with Crippen LogP contribution < -0.4 is 0 Å². The van der Waals surface area contributed by atoms with Gasteiger partial charge in [-0.1, -0.05) is 6.92 Å². The van der Waals surface area contributed by atoms with Crippen LogP contribution in [0.25, 0.3) is 0 Å². The summed E-state index contributed by atoms with van der Waals surface area (Å²) in [7, 11) is 1.86. The fourth-order valence-corrected chi connectivity index (χ4v) is 8.11.